The number of hydrogen-bond donors (Lipinski definition) is 0. The molecule has 1 aliphatic rings. The average Bonchev–Trinajstić information content (AvgIpc) is 3.29. The molecular formula is C21H19ClN6O. The van der Waals surface area contributed by atoms with E-state index in [0.29, 0.717) is 29.2 Å². The van der Waals surface area contributed by atoms with Crippen LogP contribution in [-0.4, -0.2) is 29.9 Å². The van der Waals surface area contributed by atoms with Crippen LogP contribution in [0.1, 0.15) is 43.4 Å². The maximum Gasteiger partial charge on any atom is 0.257 e. The lowest BCUT2D eigenvalue weighted by molar-refractivity contribution is 0.416. The molecule has 7 nitrogen and oxygen atoms in total. The smallest absolute Gasteiger partial charge is 0.257 e. The first-order chi connectivity index (χ1) is 14.2. The highest BCUT2D eigenvalue weighted by molar-refractivity contribution is 6.30. The normalized spacial score (nSPS) is 14.8. The Morgan fingerprint density at radius 3 is 2.72 bits per heavy atom. The highest BCUT2D eigenvalue weighted by atomic mass is 35.5. The van der Waals surface area contributed by atoms with Crippen LogP contribution in [0.3, 0.4) is 0 Å². The quantitative estimate of drug-likeness (QED) is 0.460. The molecule has 1 saturated carbocycles. The molecule has 8 heteroatoms. The minimum atomic E-state index is 0.0404. The lowest BCUT2D eigenvalue weighted by Crippen LogP contribution is -2.09. The van der Waals surface area contributed by atoms with Crippen molar-refractivity contribution in [2.24, 2.45) is 0 Å². The van der Waals surface area contributed by atoms with Gasteiger partial charge in [-0.25, -0.2) is 0 Å². The van der Waals surface area contributed by atoms with Gasteiger partial charge in [0.25, 0.3) is 5.89 Å². The Morgan fingerprint density at radius 2 is 1.97 bits per heavy atom. The number of benzene rings is 1. The molecule has 146 valence electrons. The summed E-state index contributed by atoms with van der Waals surface area (Å²) < 4.78 is 7.71. The van der Waals surface area contributed by atoms with E-state index in [4.69, 9.17) is 16.1 Å². The third-order valence-corrected chi connectivity index (χ3v) is 5.29. The SMILES string of the molecule is C[C@@H](Cc1nnc(-c2ccncc2)n1C1CC1)c1noc(-c2cccc(Cl)c2)n1. The van der Waals surface area contributed by atoms with Crippen molar-refractivity contribution in [1.82, 2.24) is 29.9 Å². The van der Waals surface area contributed by atoms with Crippen molar-refractivity contribution in [2.45, 2.75) is 38.1 Å². The molecule has 3 aromatic heterocycles. The standard InChI is InChI=1S/C21H19ClN6O/c1-13(19-24-21(29-27-19)15-3-2-4-16(22)12-15)11-18-25-26-20(28(18)17-5-6-17)14-7-9-23-10-8-14/h2-4,7-10,12-13,17H,5-6,11H2,1H3/t13-/m0/s1. The Bertz CT molecular complexity index is 1140. The van der Waals surface area contributed by atoms with Crippen molar-refractivity contribution in [1.29, 1.82) is 0 Å². The molecular weight excluding hydrogens is 388 g/mol. The molecule has 0 aliphatic heterocycles. The molecule has 1 atom stereocenters. The molecule has 0 bridgehead atoms. The number of halogens is 1. The number of hydrogen-bond acceptors (Lipinski definition) is 6. The van der Waals surface area contributed by atoms with Gasteiger partial charge in [-0.2, -0.15) is 4.98 Å². The zero-order chi connectivity index (χ0) is 19.8. The van der Waals surface area contributed by atoms with Crippen molar-refractivity contribution in [3.63, 3.8) is 0 Å². The second kappa shape index (κ2) is 7.40. The van der Waals surface area contributed by atoms with Gasteiger partial charge in [-0.05, 0) is 43.2 Å². The molecule has 5 rings (SSSR count). The van der Waals surface area contributed by atoms with Crippen LogP contribution in [0.5, 0.6) is 0 Å². The van der Waals surface area contributed by atoms with Crippen molar-refractivity contribution in [3.8, 4) is 22.8 Å². The summed E-state index contributed by atoms with van der Waals surface area (Å²) in [5, 5.41) is 13.8. The van der Waals surface area contributed by atoms with Crippen molar-refractivity contribution >= 4 is 11.6 Å². The second-order valence-electron chi connectivity index (χ2n) is 7.35. The van der Waals surface area contributed by atoms with Crippen LogP contribution in [0, 0.1) is 0 Å². The van der Waals surface area contributed by atoms with E-state index in [0.717, 1.165) is 35.6 Å². The van der Waals surface area contributed by atoms with Gasteiger partial charge >= 0.3 is 0 Å². The van der Waals surface area contributed by atoms with Crippen LogP contribution in [0.2, 0.25) is 5.02 Å². The monoisotopic (exact) mass is 406 g/mol. The van der Waals surface area contributed by atoms with E-state index in [9.17, 15) is 0 Å². The highest BCUT2D eigenvalue weighted by Gasteiger charge is 2.31. The molecule has 0 amide bonds. The number of aromatic nitrogens is 6. The maximum atomic E-state index is 6.07. The zero-order valence-electron chi connectivity index (χ0n) is 15.9. The second-order valence-corrected chi connectivity index (χ2v) is 7.79. The maximum absolute atomic E-state index is 6.07. The Kier molecular flexibility index (Phi) is 4.60. The number of rotatable bonds is 6. The predicted octanol–water partition coefficient (Wildman–Crippen LogP) is 4.72. The van der Waals surface area contributed by atoms with Crippen LogP contribution < -0.4 is 0 Å². The lowest BCUT2D eigenvalue weighted by atomic mass is 10.1. The largest absolute Gasteiger partial charge is 0.334 e. The molecule has 1 fully saturated rings. The fourth-order valence-corrected chi connectivity index (χ4v) is 3.61. The van der Waals surface area contributed by atoms with E-state index in [1.54, 1.807) is 12.4 Å². The Morgan fingerprint density at radius 1 is 1.14 bits per heavy atom. The molecule has 4 aromatic rings. The summed E-state index contributed by atoms with van der Waals surface area (Å²) in [7, 11) is 0. The first kappa shape index (κ1) is 18.0. The molecule has 3 heterocycles. The van der Waals surface area contributed by atoms with Gasteiger partial charge in [0.15, 0.2) is 11.6 Å². The van der Waals surface area contributed by atoms with Gasteiger partial charge in [-0.1, -0.05) is 29.7 Å². The topological polar surface area (TPSA) is 82.5 Å². The Hall–Kier alpha value is -3.06. The molecule has 0 unspecified atom stereocenters. The van der Waals surface area contributed by atoms with Gasteiger partial charge in [-0.15, -0.1) is 10.2 Å². The summed E-state index contributed by atoms with van der Waals surface area (Å²) in [4.78, 5) is 8.67. The van der Waals surface area contributed by atoms with Crippen LogP contribution in [0.25, 0.3) is 22.8 Å². The van der Waals surface area contributed by atoms with Crippen LogP contribution in [-0.2, 0) is 6.42 Å². The van der Waals surface area contributed by atoms with Crippen molar-refractivity contribution < 1.29 is 4.52 Å². The molecule has 29 heavy (non-hydrogen) atoms. The van der Waals surface area contributed by atoms with Crippen LogP contribution in [0.4, 0.5) is 0 Å². The van der Waals surface area contributed by atoms with Gasteiger partial charge in [0, 0.05) is 46.9 Å². The van der Waals surface area contributed by atoms with Crippen molar-refractivity contribution in [2.75, 3.05) is 0 Å². The van der Waals surface area contributed by atoms with Gasteiger partial charge in [0.2, 0.25) is 0 Å². The van der Waals surface area contributed by atoms with E-state index < -0.39 is 0 Å². The van der Waals surface area contributed by atoms with E-state index in [-0.39, 0.29) is 5.92 Å². The van der Waals surface area contributed by atoms with Crippen LogP contribution in [0.15, 0.2) is 53.3 Å². The highest BCUT2D eigenvalue weighted by Crippen LogP contribution is 2.39. The summed E-state index contributed by atoms with van der Waals surface area (Å²) in [6, 6.07) is 11.8. The van der Waals surface area contributed by atoms with Crippen molar-refractivity contribution in [3.05, 3.63) is 65.5 Å². The number of nitrogens with zero attached hydrogens (tertiary/aromatic N) is 6. The zero-order valence-corrected chi connectivity index (χ0v) is 16.6. The molecule has 1 aliphatic carbocycles. The summed E-state index contributed by atoms with van der Waals surface area (Å²) >= 11 is 6.07. The summed E-state index contributed by atoms with van der Waals surface area (Å²) in [6.07, 6.45) is 6.54. The Balaban J connectivity index is 1.40. The minimum Gasteiger partial charge on any atom is -0.334 e. The molecule has 1 aromatic carbocycles. The number of pyridine rings is 1. The first-order valence-corrected chi connectivity index (χ1v) is 10.0. The van der Waals surface area contributed by atoms with Gasteiger partial charge in [0.1, 0.15) is 5.82 Å². The van der Waals surface area contributed by atoms with Gasteiger partial charge in [0.05, 0.1) is 0 Å². The Labute approximate surface area is 172 Å². The summed E-state index contributed by atoms with van der Waals surface area (Å²) in [6.45, 7) is 2.07. The third kappa shape index (κ3) is 3.65. The first-order valence-electron chi connectivity index (χ1n) is 9.63. The molecule has 0 spiro atoms. The molecule has 0 radical (unpaired) electrons. The van der Waals surface area contributed by atoms with E-state index in [2.05, 4.69) is 36.8 Å². The molecule has 0 saturated heterocycles. The van der Waals surface area contributed by atoms with E-state index in [1.165, 1.54) is 0 Å². The minimum absolute atomic E-state index is 0.0404. The van der Waals surface area contributed by atoms with Crippen LogP contribution >= 0.6 is 11.6 Å². The summed E-state index contributed by atoms with van der Waals surface area (Å²) in [5.74, 6) is 3.00. The van der Waals surface area contributed by atoms with Gasteiger partial charge < -0.3 is 9.09 Å². The third-order valence-electron chi connectivity index (χ3n) is 5.06. The fourth-order valence-electron chi connectivity index (χ4n) is 3.42. The van der Waals surface area contributed by atoms with E-state index >= 15 is 0 Å². The summed E-state index contributed by atoms with van der Waals surface area (Å²) in [5.41, 5.74) is 1.84. The predicted molar refractivity (Wildman–Crippen MR) is 108 cm³/mol. The van der Waals surface area contributed by atoms with Gasteiger partial charge in [-0.3, -0.25) is 4.98 Å². The van der Waals surface area contributed by atoms with E-state index in [1.807, 2.05) is 36.4 Å². The fraction of sp³-hybridized carbons (Fsp3) is 0.286. The lowest BCUT2D eigenvalue weighted by Gasteiger charge is -2.11. The average molecular weight is 407 g/mol. The molecule has 0 N–H and O–H groups in total.